The van der Waals surface area contributed by atoms with Crippen LogP contribution in [0.2, 0.25) is 0 Å². The maximum Gasteiger partial charge on any atom is 0.161 e. The first kappa shape index (κ1) is 16.9. The fourth-order valence-corrected chi connectivity index (χ4v) is 4.35. The molecular formula is C21H23NO4. The fraction of sp³-hybridized carbons (Fsp3) is 0.429. The van der Waals surface area contributed by atoms with Gasteiger partial charge in [-0.05, 0) is 43.4 Å². The minimum atomic E-state index is -0.304. The molecule has 3 aliphatic rings. The molecule has 1 aliphatic heterocycles. The van der Waals surface area contributed by atoms with E-state index in [2.05, 4.69) is 5.32 Å². The molecular weight excluding hydrogens is 330 g/mol. The number of ketones is 2. The van der Waals surface area contributed by atoms with E-state index < -0.39 is 0 Å². The summed E-state index contributed by atoms with van der Waals surface area (Å²) in [6, 6.07) is 5.68. The third kappa shape index (κ3) is 2.62. The molecule has 0 bridgehead atoms. The summed E-state index contributed by atoms with van der Waals surface area (Å²) in [5.41, 5.74) is 4.42. The lowest BCUT2D eigenvalue weighted by molar-refractivity contribution is -0.116. The molecule has 1 aromatic rings. The molecule has 0 aromatic heterocycles. The Hall–Kier alpha value is -2.56. The molecule has 0 saturated carbocycles. The van der Waals surface area contributed by atoms with Crippen LogP contribution < -0.4 is 14.8 Å². The van der Waals surface area contributed by atoms with Gasteiger partial charge in [0.1, 0.15) is 0 Å². The maximum atomic E-state index is 12.8. The van der Waals surface area contributed by atoms with Gasteiger partial charge in [0.05, 0.1) is 14.2 Å². The average Bonchev–Trinajstić information content (AvgIpc) is 2.66. The first-order chi connectivity index (χ1) is 12.6. The minimum absolute atomic E-state index is 0.142. The van der Waals surface area contributed by atoms with Crippen molar-refractivity contribution >= 4 is 11.6 Å². The summed E-state index contributed by atoms with van der Waals surface area (Å²) in [4.78, 5) is 25.6. The number of methoxy groups -OCH3 is 2. The van der Waals surface area contributed by atoms with Crippen molar-refractivity contribution in [2.75, 3.05) is 14.2 Å². The fourth-order valence-electron chi connectivity index (χ4n) is 4.35. The number of carbonyl (C=O) groups excluding carboxylic acids is 2. The van der Waals surface area contributed by atoms with Gasteiger partial charge in [-0.2, -0.15) is 0 Å². The molecule has 1 N–H and O–H groups in total. The van der Waals surface area contributed by atoms with E-state index in [0.29, 0.717) is 24.3 Å². The van der Waals surface area contributed by atoms with Gasteiger partial charge in [-0.15, -0.1) is 0 Å². The van der Waals surface area contributed by atoms with E-state index in [4.69, 9.17) is 9.47 Å². The van der Waals surface area contributed by atoms with Crippen LogP contribution in [0.4, 0.5) is 0 Å². The molecule has 0 radical (unpaired) electrons. The van der Waals surface area contributed by atoms with Crippen LogP contribution >= 0.6 is 0 Å². The van der Waals surface area contributed by atoms with Gasteiger partial charge < -0.3 is 14.8 Å². The van der Waals surface area contributed by atoms with Crippen LogP contribution in [0.15, 0.2) is 40.7 Å². The van der Waals surface area contributed by atoms with Gasteiger partial charge in [0, 0.05) is 41.3 Å². The largest absolute Gasteiger partial charge is 0.493 e. The number of nitrogens with one attached hydrogen (secondary N) is 1. The molecule has 1 heterocycles. The summed E-state index contributed by atoms with van der Waals surface area (Å²) < 4.78 is 10.8. The zero-order chi connectivity index (χ0) is 18.3. The zero-order valence-electron chi connectivity index (χ0n) is 15.2. The molecule has 26 heavy (non-hydrogen) atoms. The van der Waals surface area contributed by atoms with Crippen molar-refractivity contribution < 1.29 is 19.1 Å². The molecule has 2 aliphatic carbocycles. The quantitative estimate of drug-likeness (QED) is 0.902. The highest BCUT2D eigenvalue weighted by molar-refractivity contribution is 6.06. The SMILES string of the molecule is COc1ccc(C2C3=C(CCCC3=O)NC3=C2C(=O)CCC3)cc1OC. The molecule has 0 fully saturated rings. The lowest BCUT2D eigenvalue weighted by atomic mass is 9.71. The zero-order valence-corrected chi connectivity index (χ0v) is 15.2. The predicted molar refractivity (Wildman–Crippen MR) is 97.2 cm³/mol. The molecule has 0 amide bonds. The van der Waals surface area contributed by atoms with Crippen LogP contribution in [0.3, 0.4) is 0 Å². The van der Waals surface area contributed by atoms with E-state index >= 15 is 0 Å². The van der Waals surface area contributed by atoms with Crippen LogP contribution in [0, 0.1) is 0 Å². The molecule has 1 aromatic carbocycles. The Morgan fingerprint density at radius 1 is 0.846 bits per heavy atom. The number of rotatable bonds is 3. The van der Waals surface area contributed by atoms with Crippen LogP contribution in [-0.2, 0) is 9.59 Å². The van der Waals surface area contributed by atoms with Crippen LogP contribution in [0.25, 0.3) is 0 Å². The number of carbonyl (C=O) groups is 2. The molecule has 0 spiro atoms. The smallest absolute Gasteiger partial charge is 0.161 e. The molecule has 5 nitrogen and oxygen atoms in total. The van der Waals surface area contributed by atoms with Crippen molar-refractivity contribution in [1.82, 2.24) is 5.32 Å². The Morgan fingerprint density at radius 3 is 1.96 bits per heavy atom. The normalized spacial score (nSPS) is 20.5. The Kier molecular flexibility index (Phi) is 4.31. The van der Waals surface area contributed by atoms with Gasteiger partial charge in [0.25, 0.3) is 0 Å². The molecule has 0 atom stereocenters. The molecule has 0 unspecified atom stereocenters. The number of hydrogen-bond acceptors (Lipinski definition) is 5. The monoisotopic (exact) mass is 353 g/mol. The summed E-state index contributed by atoms with van der Waals surface area (Å²) in [6.07, 6.45) is 4.52. The molecule has 136 valence electrons. The number of hydrogen-bond donors (Lipinski definition) is 1. The van der Waals surface area contributed by atoms with Crippen molar-refractivity contribution in [2.24, 2.45) is 0 Å². The second-order valence-corrected chi connectivity index (χ2v) is 7.01. The number of benzene rings is 1. The Labute approximate surface area is 153 Å². The third-order valence-electron chi connectivity index (χ3n) is 5.53. The van der Waals surface area contributed by atoms with E-state index in [1.807, 2.05) is 18.2 Å². The van der Waals surface area contributed by atoms with Crippen LogP contribution in [0.1, 0.15) is 50.0 Å². The summed E-state index contributed by atoms with van der Waals surface area (Å²) in [7, 11) is 3.19. The second-order valence-electron chi connectivity index (χ2n) is 7.01. The summed E-state index contributed by atoms with van der Waals surface area (Å²) in [6.45, 7) is 0. The first-order valence-electron chi connectivity index (χ1n) is 9.15. The summed E-state index contributed by atoms with van der Waals surface area (Å²) >= 11 is 0. The van der Waals surface area contributed by atoms with Crippen molar-refractivity contribution in [3.63, 3.8) is 0 Å². The topological polar surface area (TPSA) is 64.6 Å². The summed E-state index contributed by atoms with van der Waals surface area (Å²) in [5, 5.41) is 3.43. The van der Waals surface area contributed by atoms with E-state index in [-0.39, 0.29) is 17.5 Å². The number of ether oxygens (including phenoxy) is 2. The van der Waals surface area contributed by atoms with Gasteiger partial charge >= 0.3 is 0 Å². The second kappa shape index (κ2) is 6.63. The van der Waals surface area contributed by atoms with E-state index in [9.17, 15) is 9.59 Å². The predicted octanol–water partition coefficient (Wildman–Crippen LogP) is 3.40. The highest BCUT2D eigenvalue weighted by atomic mass is 16.5. The number of allylic oxidation sites excluding steroid dienone is 4. The molecule has 5 heteroatoms. The maximum absolute atomic E-state index is 12.8. The van der Waals surface area contributed by atoms with Crippen molar-refractivity contribution in [2.45, 2.75) is 44.4 Å². The Bertz CT molecular complexity index is 808. The van der Waals surface area contributed by atoms with Crippen molar-refractivity contribution in [3.05, 3.63) is 46.3 Å². The standard InChI is InChI=1S/C21H23NO4/c1-25-17-10-9-12(11-18(17)26-2)19-20-13(5-3-7-15(20)23)22-14-6-4-8-16(24)21(14)19/h9-11,19,22H,3-8H2,1-2H3. The average molecular weight is 353 g/mol. The van der Waals surface area contributed by atoms with Gasteiger partial charge in [-0.25, -0.2) is 0 Å². The lowest BCUT2D eigenvalue weighted by Gasteiger charge is -2.37. The Morgan fingerprint density at radius 2 is 1.42 bits per heavy atom. The highest BCUT2D eigenvalue weighted by Gasteiger charge is 2.40. The van der Waals surface area contributed by atoms with E-state index in [0.717, 1.165) is 53.8 Å². The lowest BCUT2D eigenvalue weighted by Crippen LogP contribution is -2.36. The van der Waals surface area contributed by atoms with Crippen LogP contribution in [-0.4, -0.2) is 25.8 Å². The van der Waals surface area contributed by atoms with Gasteiger partial charge in [-0.3, -0.25) is 9.59 Å². The summed E-state index contributed by atoms with van der Waals surface area (Å²) in [5.74, 6) is 1.23. The van der Waals surface area contributed by atoms with Crippen molar-refractivity contribution in [3.8, 4) is 11.5 Å². The van der Waals surface area contributed by atoms with E-state index in [1.54, 1.807) is 14.2 Å². The van der Waals surface area contributed by atoms with Gasteiger partial charge in [0.2, 0.25) is 0 Å². The van der Waals surface area contributed by atoms with Crippen LogP contribution in [0.5, 0.6) is 11.5 Å². The molecule has 0 saturated heterocycles. The number of Topliss-reactive ketones (excluding diaryl/α,β-unsaturated/α-hetero) is 2. The van der Waals surface area contributed by atoms with Crippen molar-refractivity contribution in [1.29, 1.82) is 0 Å². The van der Waals surface area contributed by atoms with Gasteiger partial charge in [-0.1, -0.05) is 6.07 Å². The number of dihydropyridines is 1. The molecule has 4 rings (SSSR count). The first-order valence-corrected chi connectivity index (χ1v) is 9.15. The highest BCUT2D eigenvalue weighted by Crippen LogP contribution is 2.46. The Balaban J connectivity index is 1.90. The van der Waals surface area contributed by atoms with E-state index in [1.165, 1.54) is 0 Å². The minimum Gasteiger partial charge on any atom is -0.493 e. The third-order valence-corrected chi connectivity index (χ3v) is 5.53. The van der Waals surface area contributed by atoms with Gasteiger partial charge in [0.15, 0.2) is 23.1 Å².